The number of amides is 1. The number of carbonyl (C=O) groups excluding carboxylic acids is 2. The van der Waals surface area contributed by atoms with Crippen molar-refractivity contribution in [2.24, 2.45) is 0 Å². The summed E-state index contributed by atoms with van der Waals surface area (Å²) in [5.41, 5.74) is 2.38. The molecule has 0 fully saturated rings. The number of methoxy groups -OCH3 is 1. The number of aryl methyl sites for hydroxylation is 1. The maximum atomic E-state index is 12.5. The number of thiophene rings is 1. The van der Waals surface area contributed by atoms with Crippen molar-refractivity contribution in [2.75, 3.05) is 19.0 Å². The van der Waals surface area contributed by atoms with Crippen molar-refractivity contribution in [3.05, 3.63) is 45.8 Å². The van der Waals surface area contributed by atoms with Crippen LogP contribution in [0.3, 0.4) is 0 Å². The molecule has 1 aliphatic rings. The first-order chi connectivity index (χ1) is 12.1. The fraction of sp³-hybridized carbons (Fsp3) is 0.368. The standard InChI is InChI=1S/C19H21NO4S/c1-3-24-19(22)17-13-8-6-10-15(13)25-18(17)20-16(21)11-12-7-4-5-9-14(12)23-2/h4-5,7,9H,3,6,8,10-11H2,1-2H3,(H,20,21). The van der Waals surface area contributed by atoms with Crippen molar-refractivity contribution in [1.82, 2.24) is 0 Å². The van der Waals surface area contributed by atoms with E-state index in [0.29, 0.717) is 22.9 Å². The first-order valence-electron chi connectivity index (χ1n) is 8.37. The molecule has 0 spiro atoms. The lowest BCUT2D eigenvalue weighted by atomic mass is 10.1. The second-order valence-electron chi connectivity index (χ2n) is 5.82. The Balaban J connectivity index is 1.80. The zero-order valence-electron chi connectivity index (χ0n) is 14.4. The quantitative estimate of drug-likeness (QED) is 0.801. The van der Waals surface area contributed by atoms with Gasteiger partial charge in [-0.25, -0.2) is 4.79 Å². The van der Waals surface area contributed by atoms with Gasteiger partial charge in [-0.05, 0) is 37.8 Å². The average molecular weight is 359 g/mol. The van der Waals surface area contributed by atoms with E-state index in [1.165, 1.54) is 16.2 Å². The molecule has 25 heavy (non-hydrogen) atoms. The maximum Gasteiger partial charge on any atom is 0.341 e. The zero-order valence-corrected chi connectivity index (χ0v) is 15.2. The van der Waals surface area contributed by atoms with E-state index >= 15 is 0 Å². The van der Waals surface area contributed by atoms with E-state index in [4.69, 9.17) is 9.47 Å². The van der Waals surface area contributed by atoms with Crippen molar-refractivity contribution in [3.8, 4) is 5.75 Å². The molecule has 6 heteroatoms. The third-order valence-corrected chi connectivity index (χ3v) is 5.40. The molecule has 1 aromatic carbocycles. The first-order valence-corrected chi connectivity index (χ1v) is 9.19. The van der Waals surface area contributed by atoms with Gasteiger partial charge >= 0.3 is 5.97 Å². The van der Waals surface area contributed by atoms with Crippen LogP contribution in [0.15, 0.2) is 24.3 Å². The highest BCUT2D eigenvalue weighted by molar-refractivity contribution is 7.17. The van der Waals surface area contributed by atoms with E-state index in [9.17, 15) is 9.59 Å². The lowest BCUT2D eigenvalue weighted by molar-refractivity contribution is -0.115. The number of esters is 1. The van der Waals surface area contributed by atoms with Gasteiger partial charge in [0.15, 0.2) is 0 Å². The van der Waals surface area contributed by atoms with Gasteiger partial charge in [-0.3, -0.25) is 4.79 Å². The van der Waals surface area contributed by atoms with Crippen molar-refractivity contribution in [3.63, 3.8) is 0 Å². The summed E-state index contributed by atoms with van der Waals surface area (Å²) < 4.78 is 10.5. The van der Waals surface area contributed by atoms with Crippen molar-refractivity contribution in [2.45, 2.75) is 32.6 Å². The lowest BCUT2D eigenvalue weighted by Crippen LogP contribution is -2.17. The van der Waals surface area contributed by atoms with Gasteiger partial charge in [0.2, 0.25) is 5.91 Å². The van der Waals surface area contributed by atoms with Crippen LogP contribution in [0, 0.1) is 0 Å². The van der Waals surface area contributed by atoms with Gasteiger partial charge in [0.05, 0.1) is 25.7 Å². The van der Waals surface area contributed by atoms with Crippen molar-refractivity contribution in [1.29, 1.82) is 0 Å². The van der Waals surface area contributed by atoms with Gasteiger partial charge in [-0.15, -0.1) is 11.3 Å². The molecule has 1 aromatic heterocycles. The Morgan fingerprint density at radius 1 is 1.24 bits per heavy atom. The van der Waals surface area contributed by atoms with E-state index in [-0.39, 0.29) is 18.3 Å². The normalized spacial score (nSPS) is 12.6. The number of para-hydroxylation sites is 1. The minimum atomic E-state index is -0.352. The van der Waals surface area contributed by atoms with E-state index < -0.39 is 0 Å². The number of fused-ring (bicyclic) bond motifs is 1. The Hall–Kier alpha value is -2.34. The minimum Gasteiger partial charge on any atom is -0.496 e. The summed E-state index contributed by atoms with van der Waals surface area (Å²) in [5, 5.41) is 3.50. The van der Waals surface area contributed by atoms with Gasteiger partial charge in [-0.1, -0.05) is 18.2 Å². The van der Waals surface area contributed by atoms with E-state index in [1.807, 2.05) is 24.3 Å². The molecule has 0 unspecified atom stereocenters. The highest BCUT2D eigenvalue weighted by Crippen LogP contribution is 2.39. The fourth-order valence-electron chi connectivity index (χ4n) is 3.10. The second-order valence-corrected chi connectivity index (χ2v) is 6.92. The fourth-order valence-corrected chi connectivity index (χ4v) is 4.40. The molecule has 0 saturated heterocycles. The molecule has 1 amide bonds. The van der Waals surface area contributed by atoms with Crippen LogP contribution in [0.5, 0.6) is 5.75 Å². The molecule has 3 rings (SSSR count). The van der Waals surface area contributed by atoms with Crippen LogP contribution in [0.1, 0.15) is 39.7 Å². The molecule has 132 valence electrons. The average Bonchev–Trinajstić information content (AvgIpc) is 3.15. The van der Waals surface area contributed by atoms with Gasteiger partial charge in [-0.2, -0.15) is 0 Å². The summed E-state index contributed by atoms with van der Waals surface area (Å²) in [6, 6.07) is 7.42. The Bertz CT molecular complexity index is 797. The smallest absolute Gasteiger partial charge is 0.341 e. The Morgan fingerprint density at radius 3 is 2.80 bits per heavy atom. The SMILES string of the molecule is CCOC(=O)c1c(NC(=O)Cc2ccccc2OC)sc2c1CCC2. The van der Waals surface area contributed by atoms with Gasteiger partial charge in [0.1, 0.15) is 10.8 Å². The van der Waals surface area contributed by atoms with E-state index in [1.54, 1.807) is 14.0 Å². The molecule has 0 bridgehead atoms. The lowest BCUT2D eigenvalue weighted by Gasteiger charge is -2.10. The predicted octanol–water partition coefficient (Wildman–Crippen LogP) is 3.60. The maximum absolute atomic E-state index is 12.5. The van der Waals surface area contributed by atoms with Crippen LogP contribution in [0.25, 0.3) is 0 Å². The predicted molar refractivity (Wildman–Crippen MR) is 97.6 cm³/mol. The number of nitrogens with one attached hydrogen (secondary N) is 1. The summed E-state index contributed by atoms with van der Waals surface area (Å²) in [6.45, 7) is 2.10. The topological polar surface area (TPSA) is 64.6 Å². The Labute approximate surface area is 151 Å². The monoisotopic (exact) mass is 359 g/mol. The van der Waals surface area contributed by atoms with Crippen LogP contribution in [-0.4, -0.2) is 25.6 Å². The molecule has 1 N–H and O–H groups in total. The largest absolute Gasteiger partial charge is 0.496 e. The molecule has 5 nitrogen and oxygen atoms in total. The molecule has 2 aromatic rings. The number of carbonyl (C=O) groups is 2. The van der Waals surface area contributed by atoms with Gasteiger partial charge in [0.25, 0.3) is 0 Å². The van der Waals surface area contributed by atoms with E-state index in [0.717, 1.165) is 30.4 Å². The molecule has 1 heterocycles. The number of benzene rings is 1. The summed E-state index contributed by atoms with van der Waals surface area (Å²) in [4.78, 5) is 26.0. The third-order valence-electron chi connectivity index (χ3n) is 4.20. The number of hydrogen-bond donors (Lipinski definition) is 1. The van der Waals surface area contributed by atoms with Gasteiger partial charge < -0.3 is 14.8 Å². The zero-order chi connectivity index (χ0) is 17.8. The molecule has 1 aliphatic carbocycles. The van der Waals surface area contributed by atoms with Crippen LogP contribution < -0.4 is 10.1 Å². The molecular weight excluding hydrogens is 338 g/mol. The second kappa shape index (κ2) is 7.70. The van der Waals surface area contributed by atoms with Crippen LogP contribution in [-0.2, 0) is 28.8 Å². The summed E-state index contributed by atoms with van der Waals surface area (Å²) in [5.74, 6) is 0.154. The highest BCUT2D eigenvalue weighted by atomic mass is 32.1. The molecule has 0 atom stereocenters. The Morgan fingerprint density at radius 2 is 2.04 bits per heavy atom. The number of ether oxygens (including phenoxy) is 2. The third kappa shape index (κ3) is 3.69. The molecule has 0 radical (unpaired) electrons. The minimum absolute atomic E-state index is 0.171. The molecule has 0 aliphatic heterocycles. The molecular formula is C19H21NO4S. The van der Waals surface area contributed by atoms with Crippen LogP contribution >= 0.6 is 11.3 Å². The van der Waals surface area contributed by atoms with E-state index in [2.05, 4.69) is 5.32 Å². The summed E-state index contributed by atoms with van der Waals surface area (Å²) >= 11 is 1.49. The van der Waals surface area contributed by atoms with Gasteiger partial charge in [0, 0.05) is 10.4 Å². The van der Waals surface area contributed by atoms with Crippen LogP contribution in [0.2, 0.25) is 0 Å². The summed E-state index contributed by atoms with van der Waals surface area (Å²) in [7, 11) is 1.58. The highest BCUT2D eigenvalue weighted by Gasteiger charge is 2.28. The first kappa shape index (κ1) is 17.5. The van der Waals surface area contributed by atoms with Crippen LogP contribution in [0.4, 0.5) is 5.00 Å². The number of hydrogen-bond acceptors (Lipinski definition) is 5. The van der Waals surface area contributed by atoms with Crippen molar-refractivity contribution >= 4 is 28.2 Å². The summed E-state index contributed by atoms with van der Waals surface area (Å²) in [6.07, 6.45) is 3.05. The number of rotatable bonds is 6. The number of anilines is 1. The Kier molecular flexibility index (Phi) is 5.38. The molecule has 0 saturated carbocycles. The van der Waals surface area contributed by atoms with Crippen molar-refractivity contribution < 1.29 is 19.1 Å².